The maximum atomic E-state index is 11.3. The van der Waals surface area contributed by atoms with Crippen molar-refractivity contribution in [2.45, 2.75) is 91.9 Å². The summed E-state index contributed by atoms with van der Waals surface area (Å²) < 4.78 is 27.7. The Balaban J connectivity index is 0.000000807. The Morgan fingerprint density at radius 1 is 0.919 bits per heavy atom. The first kappa shape index (κ1) is 56.7. The van der Waals surface area contributed by atoms with Gasteiger partial charge in [0, 0.05) is 54.1 Å². The minimum absolute atomic E-state index is 0. The number of aliphatic carboxylic acids is 2. The van der Waals surface area contributed by atoms with Gasteiger partial charge in [-0.2, -0.15) is 11.8 Å². The molecule has 0 bridgehead atoms. The summed E-state index contributed by atoms with van der Waals surface area (Å²) in [6.07, 6.45) is 8.60. The number of hydrogen-bond acceptors (Lipinski definition) is 15. The minimum atomic E-state index is -3.49. The topological polar surface area (TPSA) is 335 Å². The summed E-state index contributed by atoms with van der Waals surface area (Å²) in [5.41, 5.74) is 33.0. The molecule has 0 spiro atoms. The smallest absolute Gasteiger partial charge is 0.321 e. The SMILES string of the molecule is C.CC(=N)CCCSCCC(N)C(=O)O.CC(N)=NCCS(=O)(=O)CC(N)C(=O)O.CC(N)=NCc1cccc(CN)c1.COc1ccnc(CCC2=Nc3ncccc3C2)c1. The number of sulfone groups is 1. The molecule has 18 nitrogen and oxygen atoms in total. The molecule has 0 aliphatic carbocycles. The van der Waals surface area contributed by atoms with Crippen molar-refractivity contribution < 1.29 is 33.0 Å². The van der Waals surface area contributed by atoms with E-state index >= 15 is 0 Å². The second-order valence-corrected chi connectivity index (χ2v) is 17.3. The summed E-state index contributed by atoms with van der Waals surface area (Å²) in [5.74, 6) is 1.28. The van der Waals surface area contributed by atoms with Crippen LogP contribution in [0.15, 0.2) is 75.9 Å². The molecule has 4 rings (SSSR count). The molecule has 0 radical (unpaired) electrons. The summed E-state index contributed by atoms with van der Waals surface area (Å²) in [6.45, 7) is 6.35. The van der Waals surface area contributed by atoms with E-state index in [1.54, 1.807) is 45.1 Å². The zero-order chi connectivity index (χ0) is 45.8. The van der Waals surface area contributed by atoms with Crippen LogP contribution < -0.4 is 33.4 Å². The fourth-order valence-corrected chi connectivity index (χ4v) is 7.15. The second kappa shape index (κ2) is 31.5. The monoisotopic (exact) mass is 901 g/mol. The molecule has 2 atom stereocenters. The number of aromatic nitrogens is 2. The van der Waals surface area contributed by atoms with Crippen molar-refractivity contribution in [2.24, 2.45) is 43.6 Å². The Hall–Kier alpha value is -5.28. The quantitative estimate of drug-likeness (QED) is 0.0426. The van der Waals surface area contributed by atoms with Crippen LogP contribution in [-0.4, -0.2) is 112 Å². The van der Waals surface area contributed by atoms with Crippen molar-refractivity contribution in [1.82, 2.24) is 9.97 Å². The number of carboxylic acids is 2. The molecule has 3 heterocycles. The summed E-state index contributed by atoms with van der Waals surface area (Å²) >= 11 is 1.70. The fourth-order valence-electron chi connectivity index (χ4n) is 4.95. The molecule has 0 saturated carbocycles. The van der Waals surface area contributed by atoms with Gasteiger partial charge in [0.1, 0.15) is 17.8 Å². The number of aliphatic imine (C=N–C) groups is 3. The predicted octanol–water partition coefficient (Wildman–Crippen LogP) is 3.94. The molecule has 3 aromatic rings. The molecule has 2 unspecified atom stereocenters. The van der Waals surface area contributed by atoms with Crippen molar-refractivity contribution in [3.8, 4) is 5.75 Å². The molecule has 1 aliphatic heterocycles. The van der Waals surface area contributed by atoms with Crippen LogP contribution in [-0.2, 0) is 45.4 Å². The lowest BCUT2D eigenvalue weighted by molar-refractivity contribution is -0.139. The number of rotatable bonds is 21. The molecule has 20 heteroatoms. The highest BCUT2D eigenvalue weighted by molar-refractivity contribution is 7.99. The number of methoxy groups -OCH3 is 1. The van der Waals surface area contributed by atoms with Gasteiger partial charge in [-0.3, -0.25) is 24.6 Å². The van der Waals surface area contributed by atoms with E-state index in [1.807, 2.05) is 42.5 Å². The van der Waals surface area contributed by atoms with Gasteiger partial charge in [0.25, 0.3) is 0 Å². The highest BCUT2D eigenvalue weighted by Crippen LogP contribution is 2.25. The summed E-state index contributed by atoms with van der Waals surface area (Å²) in [5, 5.41) is 24.1. The summed E-state index contributed by atoms with van der Waals surface area (Å²) in [7, 11) is -1.82. The molecular formula is C42H67N11O7S2. The number of amidine groups is 2. The van der Waals surface area contributed by atoms with Crippen LogP contribution >= 0.6 is 11.8 Å². The van der Waals surface area contributed by atoms with E-state index in [1.165, 1.54) is 18.2 Å². The maximum Gasteiger partial charge on any atom is 0.321 e. The highest BCUT2D eigenvalue weighted by Gasteiger charge is 2.21. The molecular weight excluding hydrogens is 835 g/mol. The van der Waals surface area contributed by atoms with Gasteiger partial charge in [-0.1, -0.05) is 37.8 Å². The van der Waals surface area contributed by atoms with Crippen molar-refractivity contribution >= 4 is 62.5 Å². The van der Waals surface area contributed by atoms with Gasteiger partial charge in [0.2, 0.25) is 0 Å². The number of aryl methyl sites for hydroxylation is 1. The number of carboxylic acid groups (broad SMARTS) is 2. The van der Waals surface area contributed by atoms with E-state index in [9.17, 15) is 18.0 Å². The number of benzene rings is 1. The molecule has 1 aliphatic rings. The maximum absolute atomic E-state index is 11.3. The average Bonchev–Trinajstić information content (AvgIpc) is 3.64. The van der Waals surface area contributed by atoms with Gasteiger partial charge in [-0.25, -0.2) is 18.4 Å². The molecule has 0 amide bonds. The van der Waals surface area contributed by atoms with E-state index in [2.05, 4.69) is 31.0 Å². The van der Waals surface area contributed by atoms with E-state index < -0.39 is 39.6 Å². The number of hydrogen-bond donors (Lipinski definition) is 8. The summed E-state index contributed by atoms with van der Waals surface area (Å²) in [4.78, 5) is 41.7. The lowest BCUT2D eigenvalue weighted by Gasteiger charge is -2.06. The average molecular weight is 902 g/mol. The zero-order valence-corrected chi connectivity index (χ0v) is 37.1. The van der Waals surface area contributed by atoms with E-state index in [0.29, 0.717) is 31.1 Å². The van der Waals surface area contributed by atoms with Crippen LogP contribution in [0, 0.1) is 5.41 Å². The third kappa shape index (κ3) is 26.8. The highest BCUT2D eigenvalue weighted by atomic mass is 32.2. The lowest BCUT2D eigenvalue weighted by Crippen LogP contribution is -2.38. The third-order valence-electron chi connectivity index (χ3n) is 8.20. The van der Waals surface area contributed by atoms with Crippen LogP contribution in [0.3, 0.4) is 0 Å². The predicted molar refractivity (Wildman–Crippen MR) is 253 cm³/mol. The van der Waals surface area contributed by atoms with Gasteiger partial charge in [0.05, 0.1) is 43.4 Å². The standard InChI is InChI=1S/C15H15N3O.C10H15N3.C9H18N2O2S.C7H15N3O4S.CH4/c1-19-14-6-8-16-12(10-14)4-5-13-9-11-3-2-7-17-15(11)18-13;1-8(12)13-7-10-4-2-3-9(5-10)6-11;1-7(10)3-2-5-14-6-4-8(11)9(12)13;1-5(8)10-2-3-15(13,14)4-6(9)7(11)12;/h2-3,6-8,10H,4-5,9H2,1H3;2-5H,6-7,11H2,1H3,(H2,12,13);8,10H,2-6,11H2,1H3,(H,12,13);6H,2-4,9H2,1H3,(H2,8,10)(H,11,12);1H4. The largest absolute Gasteiger partial charge is 0.497 e. The van der Waals surface area contributed by atoms with Crippen LogP contribution in [0.5, 0.6) is 5.75 Å². The van der Waals surface area contributed by atoms with Crippen LogP contribution in [0.2, 0.25) is 0 Å². The van der Waals surface area contributed by atoms with Crippen molar-refractivity contribution in [1.29, 1.82) is 5.41 Å². The van der Waals surface area contributed by atoms with E-state index in [-0.39, 0.29) is 25.6 Å². The first-order chi connectivity index (χ1) is 28.8. The lowest BCUT2D eigenvalue weighted by atomic mass is 10.1. The number of pyridine rings is 2. The van der Waals surface area contributed by atoms with Crippen LogP contribution in [0.25, 0.3) is 0 Å². The number of carbonyl (C=O) groups is 2. The van der Waals surface area contributed by atoms with E-state index in [4.69, 9.17) is 49.0 Å². The number of nitrogens with zero attached hydrogens (tertiary/aromatic N) is 5. The molecule has 2 aromatic heterocycles. The molecule has 1 aromatic carbocycles. The van der Waals surface area contributed by atoms with Crippen LogP contribution in [0.1, 0.15) is 76.3 Å². The van der Waals surface area contributed by atoms with Gasteiger partial charge < -0.3 is 49.0 Å². The van der Waals surface area contributed by atoms with Crippen molar-refractivity contribution in [3.63, 3.8) is 0 Å². The van der Waals surface area contributed by atoms with Gasteiger partial charge >= 0.3 is 11.9 Å². The Bertz CT molecular complexity index is 2020. The third-order valence-corrected chi connectivity index (χ3v) is 11.0. The number of ether oxygens (including phenoxy) is 1. The Kier molecular flexibility index (Phi) is 28.9. The molecule has 0 fully saturated rings. The van der Waals surface area contributed by atoms with E-state index in [0.717, 1.165) is 72.0 Å². The number of nitrogens with one attached hydrogen (secondary N) is 1. The molecule has 62 heavy (non-hydrogen) atoms. The number of fused-ring (bicyclic) bond motifs is 1. The first-order valence-corrected chi connectivity index (χ1v) is 22.4. The van der Waals surface area contributed by atoms with Gasteiger partial charge in [-0.05, 0) is 87.6 Å². The normalized spacial score (nSPS) is 12.9. The Labute approximate surface area is 370 Å². The number of thioether (sulfide) groups is 1. The molecule has 13 N–H and O–H groups in total. The molecule has 344 valence electrons. The Morgan fingerprint density at radius 3 is 2.19 bits per heavy atom. The van der Waals surface area contributed by atoms with Gasteiger partial charge in [0.15, 0.2) is 15.7 Å². The fraction of sp³-hybridized carbons (Fsp3) is 0.476. The minimum Gasteiger partial charge on any atom is -0.497 e. The zero-order valence-electron chi connectivity index (χ0n) is 35.5. The van der Waals surface area contributed by atoms with Crippen molar-refractivity contribution in [3.05, 3.63) is 83.3 Å². The van der Waals surface area contributed by atoms with Crippen LogP contribution in [0.4, 0.5) is 5.82 Å². The Morgan fingerprint density at radius 2 is 1.60 bits per heavy atom. The summed E-state index contributed by atoms with van der Waals surface area (Å²) in [6, 6.07) is 13.8. The number of nitrogens with two attached hydrogens (primary N) is 5. The van der Waals surface area contributed by atoms with Gasteiger partial charge in [-0.15, -0.1) is 0 Å². The second-order valence-electron chi connectivity index (χ2n) is 13.8. The van der Waals surface area contributed by atoms with Crippen molar-refractivity contribution in [2.75, 3.05) is 36.7 Å². The first-order valence-electron chi connectivity index (χ1n) is 19.4. The molecule has 0 saturated heterocycles.